The lowest BCUT2D eigenvalue weighted by Crippen LogP contribution is -2.15. The van der Waals surface area contributed by atoms with Gasteiger partial charge in [0.15, 0.2) is 0 Å². The topological polar surface area (TPSA) is 102 Å². The summed E-state index contributed by atoms with van der Waals surface area (Å²) in [6, 6.07) is 16.3. The molecule has 164 valence electrons. The minimum atomic E-state index is -3.88. The maximum atomic E-state index is 12.7. The number of ether oxygens (including phenoxy) is 1. The Morgan fingerprint density at radius 1 is 0.806 bits per heavy atom. The number of hydrogen-bond acceptors (Lipinski definition) is 5. The molecule has 0 atom stereocenters. The SMILES string of the molecule is CCOc1ccc(S(=O)(=O)Nc2ccc(S(=O)(=O)Nc3cc(Cl)ccc3C)cc2)cc1. The van der Waals surface area contributed by atoms with Gasteiger partial charge in [0, 0.05) is 10.7 Å². The molecule has 0 aromatic heterocycles. The Balaban J connectivity index is 1.76. The first-order valence-corrected chi connectivity index (χ1v) is 12.6. The normalized spacial score (nSPS) is 11.7. The van der Waals surface area contributed by atoms with Crippen molar-refractivity contribution in [2.24, 2.45) is 0 Å². The summed E-state index contributed by atoms with van der Waals surface area (Å²) in [6.45, 7) is 4.07. The first-order valence-electron chi connectivity index (χ1n) is 9.25. The van der Waals surface area contributed by atoms with Gasteiger partial charge < -0.3 is 4.74 Å². The molecular weight excluding hydrogens is 460 g/mol. The Morgan fingerprint density at radius 3 is 1.94 bits per heavy atom. The number of halogens is 1. The quantitative estimate of drug-likeness (QED) is 0.488. The van der Waals surface area contributed by atoms with Crippen LogP contribution in [0.3, 0.4) is 0 Å². The standard InChI is InChI=1S/C21H21ClN2O5S2/c1-3-29-18-8-12-20(13-9-18)30(25,26)23-17-6-10-19(11-7-17)31(27,28)24-21-14-16(22)5-4-15(21)2/h4-14,23-24H,3H2,1-2H3. The van der Waals surface area contributed by atoms with Gasteiger partial charge in [-0.2, -0.15) is 0 Å². The highest BCUT2D eigenvalue weighted by Gasteiger charge is 2.18. The predicted molar refractivity (Wildman–Crippen MR) is 122 cm³/mol. The lowest BCUT2D eigenvalue weighted by atomic mass is 10.2. The van der Waals surface area contributed by atoms with Crippen LogP contribution >= 0.6 is 11.6 Å². The monoisotopic (exact) mass is 480 g/mol. The van der Waals surface area contributed by atoms with E-state index in [4.69, 9.17) is 16.3 Å². The Bertz CT molecular complexity index is 1270. The predicted octanol–water partition coefficient (Wildman–Crippen LogP) is 4.65. The summed E-state index contributed by atoms with van der Waals surface area (Å²) < 4.78 is 60.7. The minimum absolute atomic E-state index is 0.0177. The maximum Gasteiger partial charge on any atom is 0.261 e. The van der Waals surface area contributed by atoms with E-state index in [-0.39, 0.29) is 15.5 Å². The summed E-state index contributed by atoms with van der Waals surface area (Å²) in [6.07, 6.45) is 0. The van der Waals surface area contributed by atoms with Crippen molar-refractivity contribution in [1.82, 2.24) is 0 Å². The fourth-order valence-electron chi connectivity index (χ4n) is 2.71. The van der Waals surface area contributed by atoms with Crippen molar-refractivity contribution in [1.29, 1.82) is 0 Å². The summed E-state index contributed by atoms with van der Waals surface area (Å²) in [5.74, 6) is 0.568. The molecule has 3 aromatic carbocycles. The second kappa shape index (κ2) is 9.17. The summed E-state index contributed by atoms with van der Waals surface area (Å²) in [7, 11) is -7.71. The van der Waals surface area contributed by atoms with Crippen molar-refractivity contribution in [2.45, 2.75) is 23.6 Å². The molecule has 0 unspecified atom stereocenters. The van der Waals surface area contributed by atoms with E-state index in [1.54, 1.807) is 31.2 Å². The first kappa shape index (κ1) is 22.9. The lowest BCUT2D eigenvalue weighted by Gasteiger charge is -2.12. The zero-order valence-corrected chi connectivity index (χ0v) is 19.2. The molecule has 3 aromatic rings. The van der Waals surface area contributed by atoms with Crippen molar-refractivity contribution < 1.29 is 21.6 Å². The van der Waals surface area contributed by atoms with Gasteiger partial charge in [-0.25, -0.2) is 16.8 Å². The fourth-order valence-corrected chi connectivity index (χ4v) is 5.06. The number of nitrogens with one attached hydrogen (secondary N) is 2. The van der Waals surface area contributed by atoms with Gasteiger partial charge >= 0.3 is 0 Å². The average Bonchev–Trinajstić information content (AvgIpc) is 2.71. The molecule has 7 nitrogen and oxygen atoms in total. The van der Waals surface area contributed by atoms with Gasteiger partial charge in [-0.15, -0.1) is 0 Å². The summed E-state index contributed by atoms with van der Waals surface area (Å²) in [5.41, 5.74) is 1.31. The van der Waals surface area contributed by atoms with Gasteiger partial charge in [-0.1, -0.05) is 17.7 Å². The van der Waals surface area contributed by atoms with Crippen LogP contribution in [0.5, 0.6) is 5.75 Å². The van der Waals surface area contributed by atoms with Crippen LogP contribution in [0.1, 0.15) is 12.5 Å². The van der Waals surface area contributed by atoms with Gasteiger partial charge in [-0.3, -0.25) is 9.44 Å². The smallest absolute Gasteiger partial charge is 0.261 e. The summed E-state index contributed by atoms with van der Waals surface area (Å²) >= 11 is 5.94. The molecule has 2 N–H and O–H groups in total. The third kappa shape index (κ3) is 5.69. The molecule has 0 saturated carbocycles. The molecule has 0 bridgehead atoms. The van der Waals surface area contributed by atoms with Gasteiger partial charge in [-0.05, 0) is 80.1 Å². The highest BCUT2D eigenvalue weighted by Crippen LogP contribution is 2.25. The number of hydrogen-bond donors (Lipinski definition) is 2. The summed E-state index contributed by atoms with van der Waals surface area (Å²) in [4.78, 5) is 0.0432. The van der Waals surface area contributed by atoms with Crippen molar-refractivity contribution in [3.8, 4) is 5.75 Å². The van der Waals surface area contributed by atoms with E-state index in [1.807, 2.05) is 6.92 Å². The van der Waals surface area contributed by atoms with Crippen LogP contribution in [0.25, 0.3) is 0 Å². The van der Waals surface area contributed by atoms with Crippen LogP contribution < -0.4 is 14.2 Å². The fraction of sp³-hybridized carbons (Fsp3) is 0.143. The molecule has 0 fully saturated rings. The van der Waals surface area contributed by atoms with Gasteiger partial charge in [0.05, 0.1) is 22.1 Å². The summed E-state index contributed by atoms with van der Waals surface area (Å²) in [5, 5.41) is 0.405. The molecule has 3 rings (SSSR count). The zero-order valence-electron chi connectivity index (χ0n) is 16.8. The number of aryl methyl sites for hydroxylation is 1. The second-order valence-electron chi connectivity index (χ2n) is 6.60. The number of benzene rings is 3. The third-order valence-corrected chi connectivity index (χ3v) is 7.32. The van der Waals surface area contributed by atoms with Gasteiger partial charge in [0.2, 0.25) is 0 Å². The van der Waals surface area contributed by atoms with Crippen LogP contribution in [0.2, 0.25) is 5.02 Å². The minimum Gasteiger partial charge on any atom is -0.494 e. The molecule has 0 amide bonds. The molecule has 10 heteroatoms. The van der Waals surface area contributed by atoms with Crippen LogP contribution in [0, 0.1) is 6.92 Å². The van der Waals surface area contributed by atoms with Crippen molar-refractivity contribution in [3.63, 3.8) is 0 Å². The first-order chi connectivity index (χ1) is 14.6. The van der Waals surface area contributed by atoms with Crippen molar-refractivity contribution in [2.75, 3.05) is 16.1 Å². The van der Waals surface area contributed by atoms with E-state index in [0.29, 0.717) is 28.6 Å². The molecule has 0 saturated heterocycles. The number of sulfonamides is 2. The average molecular weight is 481 g/mol. The van der Waals surface area contributed by atoms with Crippen molar-refractivity contribution >= 4 is 43.0 Å². The van der Waals surface area contributed by atoms with Crippen LogP contribution in [0.4, 0.5) is 11.4 Å². The van der Waals surface area contributed by atoms with Gasteiger partial charge in [0.1, 0.15) is 5.75 Å². The molecule has 0 aliphatic heterocycles. The second-order valence-corrected chi connectivity index (χ2v) is 10.4. The third-order valence-electron chi connectivity index (χ3n) is 4.31. The van der Waals surface area contributed by atoms with E-state index in [0.717, 1.165) is 0 Å². The molecule has 0 aliphatic rings. The lowest BCUT2D eigenvalue weighted by molar-refractivity contribution is 0.340. The maximum absolute atomic E-state index is 12.7. The highest BCUT2D eigenvalue weighted by atomic mass is 35.5. The zero-order chi connectivity index (χ0) is 22.6. The Kier molecular flexibility index (Phi) is 6.78. The molecular formula is C21H21ClN2O5S2. The number of rotatable bonds is 8. The van der Waals surface area contributed by atoms with Crippen molar-refractivity contribution in [3.05, 3.63) is 77.3 Å². The van der Waals surface area contributed by atoms with E-state index in [1.165, 1.54) is 42.5 Å². The van der Waals surface area contributed by atoms with E-state index in [2.05, 4.69) is 9.44 Å². The Hall–Kier alpha value is -2.75. The highest BCUT2D eigenvalue weighted by molar-refractivity contribution is 7.93. The molecule has 0 spiro atoms. The van der Waals surface area contributed by atoms with E-state index >= 15 is 0 Å². The van der Waals surface area contributed by atoms with E-state index in [9.17, 15) is 16.8 Å². The van der Waals surface area contributed by atoms with Crippen LogP contribution in [0.15, 0.2) is 76.5 Å². The molecule has 0 radical (unpaired) electrons. The molecule has 0 heterocycles. The van der Waals surface area contributed by atoms with Crippen LogP contribution in [-0.2, 0) is 20.0 Å². The Morgan fingerprint density at radius 2 is 1.35 bits per heavy atom. The van der Waals surface area contributed by atoms with Gasteiger partial charge in [0.25, 0.3) is 20.0 Å². The molecule has 31 heavy (non-hydrogen) atoms. The number of anilines is 2. The van der Waals surface area contributed by atoms with E-state index < -0.39 is 20.0 Å². The molecule has 0 aliphatic carbocycles. The van der Waals surface area contributed by atoms with Crippen LogP contribution in [-0.4, -0.2) is 23.4 Å². The Labute approximate surface area is 187 Å². The largest absolute Gasteiger partial charge is 0.494 e.